The molecule has 1 aromatic heterocycles. The third-order valence-corrected chi connectivity index (χ3v) is 6.38. The van der Waals surface area contributed by atoms with Crippen molar-refractivity contribution in [2.24, 2.45) is 10.4 Å². The van der Waals surface area contributed by atoms with Gasteiger partial charge in [-0.1, -0.05) is 49.4 Å². The fourth-order valence-electron chi connectivity index (χ4n) is 4.11. The van der Waals surface area contributed by atoms with Crippen LogP contribution in [0.1, 0.15) is 38.3 Å². The van der Waals surface area contributed by atoms with Crippen molar-refractivity contribution in [2.45, 2.75) is 32.7 Å². The minimum Gasteiger partial charge on any atom is -0.329 e. The number of ketones is 1. The van der Waals surface area contributed by atoms with Crippen molar-refractivity contribution < 1.29 is 9.18 Å². The summed E-state index contributed by atoms with van der Waals surface area (Å²) in [5.74, 6) is 0.327. The number of anilines is 1. The van der Waals surface area contributed by atoms with E-state index >= 15 is 0 Å². The van der Waals surface area contributed by atoms with Crippen molar-refractivity contribution in [1.82, 2.24) is 10.3 Å². The van der Waals surface area contributed by atoms with Gasteiger partial charge in [-0.25, -0.2) is 14.4 Å². The molecule has 2 aliphatic rings. The fourth-order valence-corrected chi connectivity index (χ4v) is 4.97. The first-order valence-electron chi connectivity index (χ1n) is 9.87. The number of benzene rings is 2. The van der Waals surface area contributed by atoms with E-state index in [4.69, 9.17) is 4.99 Å². The molecule has 1 aliphatic heterocycles. The average Bonchev–Trinajstić information content (AvgIpc) is 3.09. The van der Waals surface area contributed by atoms with Crippen LogP contribution in [0, 0.1) is 11.2 Å². The molecular weight excluding hydrogens is 399 g/mol. The highest BCUT2D eigenvalue weighted by molar-refractivity contribution is 7.22. The van der Waals surface area contributed by atoms with Gasteiger partial charge in [0.25, 0.3) is 0 Å². The van der Waals surface area contributed by atoms with Crippen molar-refractivity contribution in [3.8, 4) is 0 Å². The predicted molar refractivity (Wildman–Crippen MR) is 118 cm³/mol. The number of aromatic nitrogens is 1. The number of rotatable bonds is 2. The van der Waals surface area contributed by atoms with E-state index in [0.29, 0.717) is 18.0 Å². The maximum absolute atomic E-state index is 13.5. The molecule has 0 saturated carbocycles. The molecule has 0 saturated heterocycles. The third kappa shape index (κ3) is 3.50. The Bertz CT molecular complexity index is 1180. The number of hydrogen-bond donors (Lipinski definition) is 2. The summed E-state index contributed by atoms with van der Waals surface area (Å²) in [4.78, 5) is 22.4. The van der Waals surface area contributed by atoms with Gasteiger partial charge in [-0.15, -0.1) is 0 Å². The molecule has 0 amide bonds. The Morgan fingerprint density at radius 1 is 1.13 bits per heavy atom. The normalized spacial score (nSPS) is 20.6. The summed E-state index contributed by atoms with van der Waals surface area (Å²) in [5, 5.41) is 7.35. The van der Waals surface area contributed by atoms with Crippen LogP contribution in [-0.2, 0) is 4.79 Å². The first kappa shape index (κ1) is 18.9. The summed E-state index contributed by atoms with van der Waals surface area (Å²) in [6, 6.07) is 13.7. The smallest absolute Gasteiger partial charge is 0.202 e. The lowest BCUT2D eigenvalue weighted by atomic mass is 9.73. The minimum absolute atomic E-state index is 0.0888. The second-order valence-corrected chi connectivity index (χ2v) is 9.53. The number of carbonyl (C=O) groups is 1. The van der Waals surface area contributed by atoms with Gasteiger partial charge in [-0.3, -0.25) is 4.79 Å². The van der Waals surface area contributed by atoms with E-state index in [9.17, 15) is 9.18 Å². The van der Waals surface area contributed by atoms with Gasteiger partial charge in [0.15, 0.2) is 10.9 Å². The van der Waals surface area contributed by atoms with Gasteiger partial charge < -0.3 is 10.6 Å². The van der Waals surface area contributed by atoms with Crippen LogP contribution in [0.4, 0.5) is 9.52 Å². The molecule has 0 unspecified atom stereocenters. The van der Waals surface area contributed by atoms with Crippen molar-refractivity contribution in [3.63, 3.8) is 0 Å². The molecule has 3 aromatic rings. The Kier molecular flexibility index (Phi) is 4.43. The summed E-state index contributed by atoms with van der Waals surface area (Å²) < 4.78 is 14.6. The summed E-state index contributed by atoms with van der Waals surface area (Å²) >= 11 is 1.54. The van der Waals surface area contributed by atoms with Gasteiger partial charge >= 0.3 is 0 Å². The lowest BCUT2D eigenvalue weighted by Gasteiger charge is -2.37. The second-order valence-electron chi connectivity index (χ2n) is 8.50. The zero-order valence-corrected chi connectivity index (χ0v) is 17.5. The first-order chi connectivity index (χ1) is 14.4. The van der Waals surface area contributed by atoms with Gasteiger partial charge in [0.05, 0.1) is 10.2 Å². The van der Waals surface area contributed by atoms with E-state index in [0.717, 1.165) is 33.0 Å². The quantitative estimate of drug-likeness (QED) is 0.599. The summed E-state index contributed by atoms with van der Waals surface area (Å²) in [5.41, 5.74) is 3.14. The van der Waals surface area contributed by atoms with Crippen LogP contribution >= 0.6 is 11.3 Å². The number of para-hydroxylation sites is 1. The zero-order valence-electron chi connectivity index (χ0n) is 16.7. The number of guanidine groups is 1. The van der Waals surface area contributed by atoms with Crippen LogP contribution in [0.2, 0.25) is 0 Å². The zero-order chi connectivity index (χ0) is 20.9. The van der Waals surface area contributed by atoms with Crippen LogP contribution < -0.4 is 10.6 Å². The number of nitrogens with zero attached hydrogens (tertiary/aromatic N) is 2. The largest absolute Gasteiger partial charge is 0.329 e. The van der Waals surface area contributed by atoms with E-state index in [1.807, 2.05) is 24.3 Å². The van der Waals surface area contributed by atoms with E-state index in [1.165, 1.54) is 12.1 Å². The Balaban J connectivity index is 1.54. The van der Waals surface area contributed by atoms with E-state index in [2.05, 4.69) is 29.5 Å². The summed E-state index contributed by atoms with van der Waals surface area (Å²) in [7, 11) is 0. The maximum atomic E-state index is 13.5. The topological polar surface area (TPSA) is 66.4 Å². The molecule has 0 bridgehead atoms. The lowest BCUT2D eigenvalue weighted by Crippen LogP contribution is -2.41. The lowest BCUT2D eigenvalue weighted by molar-refractivity contribution is -0.118. The highest BCUT2D eigenvalue weighted by atomic mass is 32.1. The molecular formula is C23H21FN4OS. The fraction of sp³-hybridized carbons (Fsp3) is 0.261. The van der Waals surface area contributed by atoms with Crippen molar-refractivity contribution in [3.05, 3.63) is 71.2 Å². The standard InChI is InChI=1S/C23H21FN4OS/c1-23(2)11-16-19(17(29)12-23)20(13-7-9-14(24)10-8-13)27-21(25-16)28-22-26-15-5-3-4-6-18(15)30-22/h3-10,20H,11-12H2,1-2H3,(H2,25,26,27,28)/t20-/m1/s1. The Labute approximate surface area is 177 Å². The van der Waals surface area contributed by atoms with Crippen molar-refractivity contribution >= 4 is 38.4 Å². The molecule has 0 radical (unpaired) electrons. The maximum Gasteiger partial charge on any atom is 0.202 e. The van der Waals surface area contributed by atoms with Crippen LogP contribution in [0.5, 0.6) is 0 Å². The number of thiazole rings is 1. The van der Waals surface area contributed by atoms with E-state index in [-0.39, 0.29) is 17.0 Å². The van der Waals surface area contributed by atoms with Crippen molar-refractivity contribution in [1.29, 1.82) is 0 Å². The van der Waals surface area contributed by atoms with Crippen LogP contribution in [0.25, 0.3) is 10.2 Å². The molecule has 7 heteroatoms. The van der Waals surface area contributed by atoms with Crippen molar-refractivity contribution in [2.75, 3.05) is 5.32 Å². The summed E-state index contributed by atoms with van der Waals surface area (Å²) in [6.07, 6.45) is 1.22. The molecule has 1 atom stereocenters. The highest BCUT2D eigenvalue weighted by Crippen LogP contribution is 2.43. The molecule has 2 heterocycles. The molecule has 5 rings (SSSR count). The Hall–Kier alpha value is -3.06. The van der Waals surface area contributed by atoms with Gasteiger partial charge in [0.1, 0.15) is 11.9 Å². The van der Waals surface area contributed by atoms with Crippen LogP contribution in [-0.4, -0.2) is 16.7 Å². The Morgan fingerprint density at radius 2 is 1.90 bits per heavy atom. The van der Waals surface area contributed by atoms with Gasteiger partial charge in [0.2, 0.25) is 5.96 Å². The summed E-state index contributed by atoms with van der Waals surface area (Å²) in [6.45, 7) is 4.19. The Morgan fingerprint density at radius 3 is 2.67 bits per heavy atom. The number of fused-ring (bicyclic) bond motifs is 1. The monoisotopic (exact) mass is 420 g/mol. The first-order valence-corrected chi connectivity index (χ1v) is 10.7. The molecule has 152 valence electrons. The SMILES string of the molecule is CC1(C)CC(=O)C2=C(C1)NC(Nc1nc3ccccc3s1)=N[C@@H]2c1ccc(F)cc1. The molecule has 30 heavy (non-hydrogen) atoms. The molecule has 5 nitrogen and oxygen atoms in total. The van der Waals surface area contributed by atoms with Crippen LogP contribution in [0.15, 0.2) is 64.8 Å². The number of Topliss-reactive ketones (excluding diaryl/α,β-unsaturated/α-hetero) is 1. The van der Waals surface area contributed by atoms with E-state index in [1.54, 1.807) is 23.5 Å². The number of halogens is 1. The number of aliphatic imine (C=N–C) groups is 1. The second kappa shape index (κ2) is 7.02. The molecule has 2 N–H and O–H groups in total. The molecule has 1 aliphatic carbocycles. The van der Waals surface area contributed by atoms with Gasteiger partial charge in [-0.2, -0.15) is 0 Å². The number of carbonyl (C=O) groups excluding carboxylic acids is 1. The van der Waals surface area contributed by atoms with Gasteiger partial charge in [0, 0.05) is 17.7 Å². The predicted octanol–water partition coefficient (Wildman–Crippen LogP) is 5.19. The molecule has 2 aromatic carbocycles. The molecule has 0 fully saturated rings. The minimum atomic E-state index is -0.470. The van der Waals surface area contributed by atoms with E-state index < -0.39 is 6.04 Å². The van der Waals surface area contributed by atoms with Crippen LogP contribution in [0.3, 0.4) is 0 Å². The highest BCUT2D eigenvalue weighted by Gasteiger charge is 2.39. The molecule has 0 spiro atoms. The van der Waals surface area contributed by atoms with Gasteiger partial charge in [-0.05, 0) is 41.7 Å². The number of allylic oxidation sites excluding steroid dienone is 1. The average molecular weight is 421 g/mol. The number of hydrogen-bond acceptors (Lipinski definition) is 6. The third-order valence-electron chi connectivity index (χ3n) is 5.43. The number of nitrogens with one attached hydrogen (secondary N) is 2.